The molecule has 0 aromatic carbocycles. The quantitative estimate of drug-likeness (QED) is 0.828. The molecule has 1 rings (SSSR count). The lowest BCUT2D eigenvalue weighted by Crippen LogP contribution is -2.13. The Balaban J connectivity index is 2.82. The highest BCUT2D eigenvalue weighted by Gasteiger charge is 2.07. The number of nitrogens with two attached hydrogens (primary N) is 1. The lowest BCUT2D eigenvalue weighted by molar-refractivity contribution is 0.0761. The van der Waals surface area contributed by atoms with Crippen LogP contribution in [0.15, 0.2) is 24.0 Å². The van der Waals surface area contributed by atoms with E-state index in [-0.39, 0.29) is 6.10 Å². The summed E-state index contributed by atoms with van der Waals surface area (Å²) in [6, 6.07) is 3.95. The fourth-order valence-corrected chi connectivity index (χ4v) is 1.61. The molecular weight excluding hydrogens is 200 g/mol. The fraction of sp³-hybridized carbons (Fsp3) is 0.462. The third-order valence-corrected chi connectivity index (χ3v) is 2.24. The maximum atomic E-state index is 5.68. The zero-order valence-electron chi connectivity index (χ0n) is 10.2. The van der Waals surface area contributed by atoms with Crippen LogP contribution in [0.3, 0.4) is 0 Å². The molecule has 1 aromatic heterocycles. The molecule has 1 atom stereocenters. The van der Waals surface area contributed by atoms with Gasteiger partial charge in [0.15, 0.2) is 0 Å². The van der Waals surface area contributed by atoms with E-state index in [9.17, 15) is 0 Å². The molecule has 2 N–H and O–H groups in total. The zero-order valence-corrected chi connectivity index (χ0v) is 10.2. The SMILES string of the molecule is CCOC(C)Cc1ncccc1/C=C(\C)N. The van der Waals surface area contributed by atoms with Crippen LogP contribution < -0.4 is 5.73 Å². The lowest BCUT2D eigenvalue weighted by Gasteiger charge is -2.12. The molecule has 0 spiro atoms. The summed E-state index contributed by atoms with van der Waals surface area (Å²) in [5.74, 6) is 0. The van der Waals surface area contributed by atoms with Gasteiger partial charge in [-0.25, -0.2) is 0 Å². The highest BCUT2D eigenvalue weighted by Crippen LogP contribution is 2.12. The minimum absolute atomic E-state index is 0.185. The standard InChI is InChI=1S/C13H20N2O/c1-4-16-11(3)9-13-12(8-10(2)14)6-5-7-15-13/h5-8,11H,4,9,14H2,1-3H3/b10-8+. The molecule has 0 radical (unpaired) electrons. The van der Waals surface area contributed by atoms with Crippen LogP contribution in [0.5, 0.6) is 0 Å². The van der Waals surface area contributed by atoms with Crippen LogP contribution in [0, 0.1) is 0 Å². The normalized spacial score (nSPS) is 13.8. The van der Waals surface area contributed by atoms with Crippen LogP contribution in [-0.4, -0.2) is 17.7 Å². The second-order valence-electron chi connectivity index (χ2n) is 3.90. The van der Waals surface area contributed by atoms with E-state index in [0.29, 0.717) is 0 Å². The third kappa shape index (κ3) is 4.03. The van der Waals surface area contributed by atoms with Crippen LogP contribution in [0.1, 0.15) is 32.0 Å². The summed E-state index contributed by atoms with van der Waals surface area (Å²) >= 11 is 0. The lowest BCUT2D eigenvalue weighted by atomic mass is 10.1. The molecule has 0 amide bonds. The van der Waals surface area contributed by atoms with Crippen molar-refractivity contribution < 1.29 is 4.74 Å². The van der Waals surface area contributed by atoms with Crippen molar-refractivity contribution in [3.8, 4) is 0 Å². The van der Waals surface area contributed by atoms with E-state index < -0.39 is 0 Å². The van der Waals surface area contributed by atoms with Crippen LogP contribution in [0.4, 0.5) is 0 Å². The van der Waals surface area contributed by atoms with Crippen LogP contribution >= 0.6 is 0 Å². The van der Waals surface area contributed by atoms with Gasteiger partial charge in [-0.15, -0.1) is 0 Å². The highest BCUT2D eigenvalue weighted by atomic mass is 16.5. The van der Waals surface area contributed by atoms with Crippen LogP contribution in [0.25, 0.3) is 6.08 Å². The number of nitrogens with zero attached hydrogens (tertiary/aromatic N) is 1. The molecule has 1 aromatic rings. The third-order valence-electron chi connectivity index (χ3n) is 2.24. The maximum absolute atomic E-state index is 5.68. The van der Waals surface area contributed by atoms with Gasteiger partial charge in [0, 0.05) is 24.9 Å². The molecule has 0 saturated heterocycles. The Morgan fingerprint density at radius 1 is 1.62 bits per heavy atom. The predicted octanol–water partition coefficient (Wildman–Crippen LogP) is 2.37. The van der Waals surface area contributed by atoms with Crippen molar-refractivity contribution in [2.24, 2.45) is 5.73 Å². The topological polar surface area (TPSA) is 48.1 Å². The average Bonchev–Trinajstić information content (AvgIpc) is 2.20. The first-order valence-corrected chi connectivity index (χ1v) is 5.62. The molecule has 0 saturated carbocycles. The summed E-state index contributed by atoms with van der Waals surface area (Å²) in [6.07, 6.45) is 4.75. The van der Waals surface area contributed by atoms with Gasteiger partial charge in [0.25, 0.3) is 0 Å². The summed E-state index contributed by atoms with van der Waals surface area (Å²) < 4.78 is 5.51. The maximum Gasteiger partial charge on any atom is 0.0602 e. The van der Waals surface area contributed by atoms with Crippen LogP contribution in [0.2, 0.25) is 0 Å². The van der Waals surface area contributed by atoms with Gasteiger partial charge in [0.05, 0.1) is 11.8 Å². The van der Waals surface area contributed by atoms with Crippen molar-refractivity contribution in [1.29, 1.82) is 0 Å². The summed E-state index contributed by atoms with van der Waals surface area (Å²) in [5, 5.41) is 0. The second kappa shape index (κ2) is 6.28. The molecule has 0 fully saturated rings. The molecule has 3 heteroatoms. The molecule has 1 heterocycles. The minimum Gasteiger partial charge on any atom is -0.402 e. The number of rotatable bonds is 5. The molecule has 3 nitrogen and oxygen atoms in total. The molecule has 88 valence electrons. The first-order valence-electron chi connectivity index (χ1n) is 5.62. The number of ether oxygens (including phenoxy) is 1. The molecule has 16 heavy (non-hydrogen) atoms. The second-order valence-corrected chi connectivity index (χ2v) is 3.90. The Hall–Kier alpha value is -1.35. The van der Waals surface area contributed by atoms with Crippen molar-refractivity contribution in [2.45, 2.75) is 33.3 Å². The van der Waals surface area contributed by atoms with E-state index in [4.69, 9.17) is 10.5 Å². The van der Waals surface area contributed by atoms with E-state index in [1.54, 1.807) is 6.20 Å². The molecule has 0 aliphatic carbocycles. The first kappa shape index (κ1) is 12.7. The number of hydrogen-bond donors (Lipinski definition) is 1. The fourth-order valence-electron chi connectivity index (χ4n) is 1.61. The van der Waals surface area contributed by atoms with E-state index in [0.717, 1.165) is 30.0 Å². The van der Waals surface area contributed by atoms with E-state index in [1.807, 2.05) is 32.1 Å². The van der Waals surface area contributed by atoms with Crippen molar-refractivity contribution in [2.75, 3.05) is 6.61 Å². The van der Waals surface area contributed by atoms with E-state index >= 15 is 0 Å². The summed E-state index contributed by atoms with van der Waals surface area (Å²) in [4.78, 5) is 4.37. The first-order chi connectivity index (χ1) is 7.63. The van der Waals surface area contributed by atoms with Gasteiger partial charge in [0.2, 0.25) is 0 Å². The summed E-state index contributed by atoms with van der Waals surface area (Å²) in [6.45, 7) is 6.67. The number of pyridine rings is 1. The summed E-state index contributed by atoms with van der Waals surface area (Å²) in [7, 11) is 0. The highest BCUT2D eigenvalue weighted by molar-refractivity contribution is 5.53. The van der Waals surface area contributed by atoms with Gasteiger partial charge in [0.1, 0.15) is 0 Å². The van der Waals surface area contributed by atoms with Crippen molar-refractivity contribution in [3.63, 3.8) is 0 Å². The molecule has 0 bridgehead atoms. The minimum atomic E-state index is 0.185. The average molecular weight is 220 g/mol. The molecule has 1 unspecified atom stereocenters. The molecule has 0 aliphatic rings. The van der Waals surface area contributed by atoms with Gasteiger partial charge in [-0.05, 0) is 38.5 Å². The van der Waals surface area contributed by atoms with Gasteiger partial charge in [-0.1, -0.05) is 6.07 Å². The van der Waals surface area contributed by atoms with E-state index in [2.05, 4.69) is 11.9 Å². The largest absolute Gasteiger partial charge is 0.402 e. The summed E-state index contributed by atoms with van der Waals surface area (Å²) in [5.41, 5.74) is 8.59. The molecule has 0 aliphatic heterocycles. The number of allylic oxidation sites excluding steroid dienone is 1. The van der Waals surface area contributed by atoms with Crippen LogP contribution in [-0.2, 0) is 11.2 Å². The molecular formula is C13H20N2O. The Labute approximate surface area is 97.3 Å². The van der Waals surface area contributed by atoms with Crippen molar-refractivity contribution in [1.82, 2.24) is 4.98 Å². The monoisotopic (exact) mass is 220 g/mol. The zero-order chi connectivity index (χ0) is 12.0. The Kier molecular flexibility index (Phi) is 4.99. The van der Waals surface area contributed by atoms with Gasteiger partial charge in [-0.2, -0.15) is 0 Å². The predicted molar refractivity (Wildman–Crippen MR) is 66.9 cm³/mol. The Morgan fingerprint density at radius 3 is 3.00 bits per heavy atom. The van der Waals surface area contributed by atoms with E-state index in [1.165, 1.54) is 0 Å². The number of hydrogen-bond acceptors (Lipinski definition) is 3. The van der Waals surface area contributed by atoms with Crippen molar-refractivity contribution >= 4 is 6.08 Å². The smallest absolute Gasteiger partial charge is 0.0602 e. The Morgan fingerprint density at radius 2 is 2.38 bits per heavy atom. The van der Waals surface area contributed by atoms with Gasteiger partial charge < -0.3 is 10.5 Å². The van der Waals surface area contributed by atoms with Gasteiger partial charge >= 0.3 is 0 Å². The van der Waals surface area contributed by atoms with Gasteiger partial charge in [-0.3, -0.25) is 4.98 Å². The Bertz CT molecular complexity index is 357. The number of aromatic nitrogens is 1. The van der Waals surface area contributed by atoms with Crippen molar-refractivity contribution in [3.05, 3.63) is 35.3 Å².